The summed E-state index contributed by atoms with van der Waals surface area (Å²) in [5.74, 6) is 0. The summed E-state index contributed by atoms with van der Waals surface area (Å²) in [6.07, 6.45) is 3.21. The van der Waals surface area contributed by atoms with Crippen LogP contribution in [0.5, 0.6) is 0 Å². The van der Waals surface area contributed by atoms with E-state index < -0.39 is 0 Å². The molecule has 2 heterocycles. The second-order valence-electron chi connectivity index (χ2n) is 5.08. The minimum Gasteiger partial charge on any atom is -0.320 e. The van der Waals surface area contributed by atoms with E-state index in [2.05, 4.69) is 35.9 Å². The van der Waals surface area contributed by atoms with Crippen molar-refractivity contribution in [2.75, 3.05) is 0 Å². The highest BCUT2D eigenvalue weighted by atomic mass is 16.1. The quantitative estimate of drug-likeness (QED) is 0.712. The fourth-order valence-corrected chi connectivity index (χ4v) is 2.49. The van der Waals surface area contributed by atoms with Gasteiger partial charge in [-0.05, 0) is 30.5 Å². The zero-order chi connectivity index (χ0) is 14.3. The van der Waals surface area contributed by atoms with Gasteiger partial charge in [0.2, 0.25) is 0 Å². The first-order chi connectivity index (χ1) is 9.58. The number of aryl methyl sites for hydroxylation is 3. The summed E-state index contributed by atoms with van der Waals surface area (Å²) in [7, 11) is 1.84. The minimum absolute atomic E-state index is 0.234. The number of aromatic nitrogens is 4. The fraction of sp³-hybridized carbons (Fsp3) is 0.267. The maximum absolute atomic E-state index is 12.0. The Morgan fingerprint density at radius 2 is 1.80 bits per heavy atom. The van der Waals surface area contributed by atoms with Crippen LogP contribution in [0.1, 0.15) is 16.7 Å². The molecule has 3 rings (SSSR count). The Morgan fingerprint density at radius 3 is 2.50 bits per heavy atom. The molecule has 0 unspecified atom stereocenters. The molecule has 5 heteroatoms. The highest BCUT2D eigenvalue weighted by molar-refractivity contribution is 5.69. The van der Waals surface area contributed by atoms with E-state index in [9.17, 15) is 4.79 Å². The summed E-state index contributed by atoms with van der Waals surface area (Å²) in [5.41, 5.74) is 4.63. The Bertz CT molecular complexity index is 824. The molecule has 0 aliphatic heterocycles. The van der Waals surface area contributed by atoms with Gasteiger partial charge in [0.25, 0.3) is 5.56 Å². The first kappa shape index (κ1) is 12.6. The predicted molar refractivity (Wildman–Crippen MR) is 77.8 cm³/mol. The lowest BCUT2D eigenvalue weighted by Gasteiger charge is -2.10. The van der Waals surface area contributed by atoms with Gasteiger partial charge in [-0.3, -0.25) is 4.79 Å². The van der Waals surface area contributed by atoms with Crippen LogP contribution in [-0.2, 0) is 13.6 Å². The maximum atomic E-state index is 12.0. The van der Waals surface area contributed by atoms with Gasteiger partial charge in [-0.15, -0.1) is 0 Å². The van der Waals surface area contributed by atoms with Crippen molar-refractivity contribution in [1.29, 1.82) is 0 Å². The van der Waals surface area contributed by atoms with Crippen LogP contribution in [-0.4, -0.2) is 19.1 Å². The van der Waals surface area contributed by atoms with Crippen LogP contribution in [0, 0.1) is 13.8 Å². The molecule has 0 radical (unpaired) electrons. The Balaban J connectivity index is 2.17. The van der Waals surface area contributed by atoms with Gasteiger partial charge < -0.3 is 9.13 Å². The average Bonchev–Trinajstić information content (AvgIpc) is 2.84. The number of benzene rings is 1. The van der Waals surface area contributed by atoms with Crippen LogP contribution < -0.4 is 5.56 Å². The highest BCUT2D eigenvalue weighted by Gasteiger charge is 2.11. The van der Waals surface area contributed by atoms with Crippen molar-refractivity contribution < 1.29 is 0 Å². The summed E-state index contributed by atoms with van der Waals surface area (Å²) in [4.78, 5) is 20.2. The minimum atomic E-state index is -0.234. The van der Waals surface area contributed by atoms with Gasteiger partial charge >= 0.3 is 0 Å². The lowest BCUT2D eigenvalue weighted by Crippen LogP contribution is -2.14. The normalized spacial score (nSPS) is 11.2. The summed E-state index contributed by atoms with van der Waals surface area (Å²) < 4.78 is 3.64. The molecule has 5 nitrogen and oxygen atoms in total. The summed E-state index contributed by atoms with van der Waals surface area (Å²) in [6.45, 7) is 4.80. The second-order valence-corrected chi connectivity index (χ2v) is 5.08. The topological polar surface area (TPSA) is 52.7 Å². The Hall–Kier alpha value is -2.43. The van der Waals surface area contributed by atoms with Gasteiger partial charge in [0.05, 0.1) is 6.33 Å². The first-order valence-corrected chi connectivity index (χ1v) is 6.49. The van der Waals surface area contributed by atoms with Crippen LogP contribution in [0.2, 0.25) is 0 Å². The van der Waals surface area contributed by atoms with E-state index in [4.69, 9.17) is 0 Å². The van der Waals surface area contributed by atoms with Crippen LogP contribution in [0.25, 0.3) is 11.2 Å². The summed E-state index contributed by atoms with van der Waals surface area (Å²) >= 11 is 0. The summed E-state index contributed by atoms with van der Waals surface area (Å²) in [5, 5.41) is 0. The molecule has 102 valence electrons. The fourth-order valence-electron chi connectivity index (χ4n) is 2.49. The van der Waals surface area contributed by atoms with Crippen molar-refractivity contribution >= 4 is 11.2 Å². The van der Waals surface area contributed by atoms with Crippen molar-refractivity contribution in [1.82, 2.24) is 19.1 Å². The SMILES string of the molecule is Cc1cccc(C)c1Cn1cnc2c1c(=O)ncn2C. The third kappa shape index (κ3) is 1.91. The Kier molecular flexibility index (Phi) is 2.89. The van der Waals surface area contributed by atoms with Crippen molar-refractivity contribution in [3.63, 3.8) is 0 Å². The Labute approximate surface area is 116 Å². The first-order valence-electron chi connectivity index (χ1n) is 6.49. The van der Waals surface area contributed by atoms with Gasteiger partial charge in [-0.25, -0.2) is 4.98 Å². The van der Waals surface area contributed by atoms with Crippen LogP contribution in [0.3, 0.4) is 0 Å². The Morgan fingerprint density at radius 1 is 1.10 bits per heavy atom. The number of nitrogens with zero attached hydrogens (tertiary/aromatic N) is 4. The van der Waals surface area contributed by atoms with E-state index >= 15 is 0 Å². The molecule has 20 heavy (non-hydrogen) atoms. The van der Waals surface area contributed by atoms with Crippen LogP contribution in [0.4, 0.5) is 0 Å². The number of hydrogen-bond acceptors (Lipinski definition) is 3. The second kappa shape index (κ2) is 4.59. The molecule has 0 saturated carbocycles. The van der Waals surface area contributed by atoms with Crippen molar-refractivity contribution in [3.05, 3.63) is 57.9 Å². The number of imidazole rings is 1. The largest absolute Gasteiger partial charge is 0.320 e. The van der Waals surface area contributed by atoms with Crippen LogP contribution in [0.15, 0.2) is 35.6 Å². The smallest absolute Gasteiger partial charge is 0.298 e. The molecule has 2 aromatic heterocycles. The third-order valence-electron chi connectivity index (χ3n) is 3.68. The van der Waals surface area contributed by atoms with Gasteiger partial charge in [0.1, 0.15) is 6.33 Å². The van der Waals surface area contributed by atoms with Gasteiger partial charge in [-0.2, -0.15) is 4.98 Å². The zero-order valence-electron chi connectivity index (χ0n) is 11.8. The predicted octanol–water partition coefficient (Wildman–Crippen LogP) is 1.80. The number of rotatable bonds is 2. The lowest BCUT2D eigenvalue weighted by atomic mass is 10.0. The van der Waals surface area contributed by atoms with E-state index in [0.717, 1.165) is 0 Å². The van der Waals surface area contributed by atoms with E-state index in [-0.39, 0.29) is 5.56 Å². The molecule has 0 saturated heterocycles. The van der Waals surface area contributed by atoms with E-state index in [0.29, 0.717) is 17.7 Å². The molecule has 0 amide bonds. The molecule has 0 spiro atoms. The number of fused-ring (bicyclic) bond motifs is 1. The van der Waals surface area contributed by atoms with Crippen molar-refractivity contribution in [3.8, 4) is 0 Å². The van der Waals surface area contributed by atoms with Crippen LogP contribution >= 0.6 is 0 Å². The molecule has 0 fully saturated rings. The van der Waals surface area contributed by atoms with E-state index in [1.807, 2.05) is 17.7 Å². The third-order valence-corrected chi connectivity index (χ3v) is 3.68. The van der Waals surface area contributed by atoms with Gasteiger partial charge in [0, 0.05) is 13.6 Å². The molecular weight excluding hydrogens is 252 g/mol. The monoisotopic (exact) mass is 268 g/mol. The molecule has 0 atom stereocenters. The molecular formula is C15H16N4O. The molecule has 3 aromatic rings. The molecule has 0 aliphatic carbocycles. The molecule has 1 aromatic carbocycles. The van der Waals surface area contributed by atoms with Gasteiger partial charge in [-0.1, -0.05) is 18.2 Å². The van der Waals surface area contributed by atoms with Crippen molar-refractivity contribution in [2.24, 2.45) is 7.05 Å². The zero-order valence-corrected chi connectivity index (χ0v) is 11.8. The molecule has 0 N–H and O–H groups in total. The van der Waals surface area contributed by atoms with Crippen molar-refractivity contribution in [2.45, 2.75) is 20.4 Å². The lowest BCUT2D eigenvalue weighted by molar-refractivity contribution is 0.805. The number of hydrogen-bond donors (Lipinski definition) is 0. The molecule has 0 bridgehead atoms. The summed E-state index contributed by atoms with van der Waals surface area (Å²) in [6, 6.07) is 6.20. The van der Waals surface area contributed by atoms with E-state index in [1.54, 1.807) is 10.9 Å². The maximum Gasteiger partial charge on any atom is 0.298 e. The highest BCUT2D eigenvalue weighted by Crippen LogP contribution is 2.16. The van der Waals surface area contributed by atoms with Gasteiger partial charge in [0.15, 0.2) is 11.2 Å². The van der Waals surface area contributed by atoms with E-state index in [1.165, 1.54) is 23.0 Å². The molecule has 0 aliphatic rings. The average molecular weight is 268 g/mol. The standard InChI is InChI=1S/C15H16N4O/c1-10-5-4-6-11(2)12(10)7-19-9-16-14-13(19)15(20)17-8-18(14)3/h4-6,8-9H,7H2,1-3H3.